The number of aliphatic hydroxyl groups is 13. The molecule has 0 aliphatic carbocycles. The van der Waals surface area contributed by atoms with Gasteiger partial charge in [-0.2, -0.15) is 0 Å². The molecule has 6 aliphatic heterocycles. The standard InChI is InChI=1S/C59H85FN12O26/c1-21(2)11-35(78)97-49-42(82)32(19-75)95-57(47(49)87)98-48-33(20-76)96-56(46(86)44(48)84)94-30-10-9-23(12-25(30)60)13-26-51(89)70-37(39(79)27-14-64-58(61)68-27)54(92)71-38(40(80)29-15-65-59(62)72(29)55-45(85)43(83)41(81)31(18-74)93-55)53(91)67-28(17-73)50(88)63-16-34(77)69-36(52(90)66-26)22(3)24-7-5-4-6-8-24/h4-10,12,21-22,26-29,31-33,36-49,55-57,73-76,79-87H,11,13-20H2,1-3H3,(H2,62,65)(H,63,88)(H,66,90)(H,67,91)(H,69,77)(H,70,89)(H,71,92)(H3,61,64,68). The highest BCUT2D eigenvalue weighted by molar-refractivity contribution is 5.98. The second-order valence-corrected chi connectivity index (χ2v) is 24.7. The largest absolute Gasteiger partial charge is 0.459 e. The SMILES string of the molecule is CC(C)CC(=O)OC1C(O)C(CO)OC(OC2C(CO)OC(Oc3ccc(CC4NC(=O)C(C(C)c5ccccc5)NC(=O)CNC(=O)C(CO)NC(=O)C(C(O)C5CN=C(N)N5C5OC(CO)C(O)C(O)C5O)NC(=O)C(C(O)C5CN=C(N)N5)NC4=O)cc3F)C(O)C2O)C1O. The monoisotopic (exact) mass is 1400 g/mol. The fraction of sp³-hybridized carbons (Fsp3) is 0.644. The summed E-state index contributed by atoms with van der Waals surface area (Å²) >= 11 is 0. The van der Waals surface area contributed by atoms with Crippen molar-refractivity contribution in [1.82, 2.24) is 42.1 Å². The third-order valence-corrected chi connectivity index (χ3v) is 17.4. The summed E-state index contributed by atoms with van der Waals surface area (Å²) in [6.45, 7) is -0.970. The fourth-order valence-electron chi connectivity index (χ4n) is 11.9. The third kappa shape index (κ3) is 17.5. The quantitative estimate of drug-likeness (QED) is 0.0547. The number of aliphatic hydroxyl groups excluding tert-OH is 13. The molecule has 2 aromatic rings. The number of nitrogens with zero attached hydrogens (tertiary/aromatic N) is 3. The zero-order valence-corrected chi connectivity index (χ0v) is 53.0. The minimum Gasteiger partial charge on any atom is -0.459 e. The fourth-order valence-corrected chi connectivity index (χ4v) is 11.9. The van der Waals surface area contributed by atoms with Crippen LogP contribution in [0.4, 0.5) is 4.39 Å². The van der Waals surface area contributed by atoms with Crippen LogP contribution in [-0.2, 0) is 63.7 Å². The van der Waals surface area contributed by atoms with Crippen LogP contribution in [0.15, 0.2) is 58.5 Å². The number of amides is 6. The van der Waals surface area contributed by atoms with E-state index < -0.39 is 257 Å². The number of hydrogen-bond acceptors (Lipinski definition) is 32. The van der Waals surface area contributed by atoms with E-state index in [9.17, 15) is 90.4 Å². The van der Waals surface area contributed by atoms with E-state index in [0.29, 0.717) is 5.56 Å². The van der Waals surface area contributed by atoms with Gasteiger partial charge in [0.05, 0.1) is 58.1 Å². The van der Waals surface area contributed by atoms with Gasteiger partial charge in [-0.05, 0) is 29.2 Å². The Morgan fingerprint density at radius 2 is 1.26 bits per heavy atom. The Morgan fingerprint density at radius 1 is 0.633 bits per heavy atom. The molecule has 2 aromatic carbocycles. The van der Waals surface area contributed by atoms with Crippen molar-refractivity contribution in [3.8, 4) is 5.75 Å². The van der Waals surface area contributed by atoms with Crippen molar-refractivity contribution in [2.45, 2.75) is 186 Å². The molecule has 4 fully saturated rings. The minimum absolute atomic E-state index is 0.128. The first-order chi connectivity index (χ1) is 46.5. The van der Waals surface area contributed by atoms with Gasteiger partial charge in [0.15, 0.2) is 42.1 Å². The molecule has 0 saturated carbocycles. The van der Waals surface area contributed by atoms with Crippen molar-refractivity contribution in [2.24, 2.45) is 27.4 Å². The molecule has 25 atom stereocenters. The molecule has 25 unspecified atom stereocenters. The Labute approximate surface area is 557 Å². The summed E-state index contributed by atoms with van der Waals surface area (Å²) in [5.74, 6) is -12.5. The summed E-state index contributed by atoms with van der Waals surface area (Å²) in [6.07, 6.45) is -33.4. The molecule has 24 N–H and O–H groups in total. The summed E-state index contributed by atoms with van der Waals surface area (Å²) in [4.78, 5) is 109. The first-order valence-electron chi connectivity index (χ1n) is 31.3. The molecule has 6 amide bonds. The van der Waals surface area contributed by atoms with Crippen molar-refractivity contribution >= 4 is 53.3 Å². The van der Waals surface area contributed by atoms with Crippen molar-refractivity contribution < 1.29 is 133 Å². The van der Waals surface area contributed by atoms with Crippen LogP contribution in [-0.4, -0.2) is 317 Å². The molecular formula is C59H85FN12O26. The van der Waals surface area contributed by atoms with E-state index in [1.165, 1.54) is 6.92 Å². The topological polar surface area (TPSA) is 602 Å². The maximum Gasteiger partial charge on any atom is 0.306 e. The van der Waals surface area contributed by atoms with E-state index >= 15 is 14.0 Å². The molecule has 38 nitrogen and oxygen atoms in total. The number of hydrogen-bond donors (Lipinski definition) is 22. The smallest absolute Gasteiger partial charge is 0.306 e. The zero-order valence-electron chi connectivity index (χ0n) is 53.0. The molecule has 98 heavy (non-hydrogen) atoms. The average molecular weight is 1400 g/mol. The molecule has 0 bridgehead atoms. The van der Waals surface area contributed by atoms with E-state index in [2.05, 4.69) is 47.2 Å². The lowest BCUT2D eigenvalue weighted by atomic mass is 9.92. The van der Waals surface area contributed by atoms with Crippen LogP contribution < -0.4 is 53.4 Å². The summed E-state index contributed by atoms with van der Waals surface area (Å²) in [7, 11) is 0. The van der Waals surface area contributed by atoms with Gasteiger partial charge in [-0.15, -0.1) is 0 Å². The number of ether oxygens (including phenoxy) is 6. The number of nitrogens with two attached hydrogens (primary N) is 2. The van der Waals surface area contributed by atoms with E-state index in [4.69, 9.17) is 39.9 Å². The molecule has 8 rings (SSSR count). The normalized spacial score (nSPS) is 35.7. The number of guanidine groups is 2. The Morgan fingerprint density at radius 3 is 1.89 bits per heavy atom. The zero-order chi connectivity index (χ0) is 71.7. The van der Waals surface area contributed by atoms with Gasteiger partial charge < -0.3 is 148 Å². The van der Waals surface area contributed by atoms with E-state index in [-0.39, 0.29) is 30.4 Å². The van der Waals surface area contributed by atoms with Crippen molar-refractivity contribution in [3.05, 3.63) is 65.5 Å². The lowest BCUT2D eigenvalue weighted by molar-refractivity contribution is -0.353. The van der Waals surface area contributed by atoms with Gasteiger partial charge in [-0.3, -0.25) is 43.5 Å². The Balaban J connectivity index is 1.10. The predicted molar refractivity (Wildman–Crippen MR) is 326 cm³/mol. The van der Waals surface area contributed by atoms with Gasteiger partial charge in [0.1, 0.15) is 110 Å². The third-order valence-electron chi connectivity index (χ3n) is 17.4. The number of aliphatic imine (C=N–C) groups is 2. The Hall–Kier alpha value is -7.68. The highest BCUT2D eigenvalue weighted by Gasteiger charge is 2.55. The molecule has 0 spiro atoms. The first-order valence-corrected chi connectivity index (χ1v) is 31.3. The summed E-state index contributed by atoms with van der Waals surface area (Å²) in [5.41, 5.74) is 12.4. The molecule has 0 radical (unpaired) electrons. The number of carbonyl (C=O) groups is 7. The van der Waals surface area contributed by atoms with Crippen LogP contribution in [0.5, 0.6) is 5.75 Å². The summed E-state index contributed by atoms with van der Waals surface area (Å²) < 4.78 is 50.3. The summed E-state index contributed by atoms with van der Waals surface area (Å²) in [6, 6.07) is -2.36. The predicted octanol–water partition coefficient (Wildman–Crippen LogP) is -11.9. The van der Waals surface area contributed by atoms with Crippen LogP contribution in [0.3, 0.4) is 0 Å². The first kappa shape index (κ1) is 76.1. The second-order valence-electron chi connectivity index (χ2n) is 24.7. The van der Waals surface area contributed by atoms with Crippen LogP contribution in [0.1, 0.15) is 44.2 Å². The Bertz CT molecular complexity index is 3180. The van der Waals surface area contributed by atoms with Crippen molar-refractivity contribution in [3.63, 3.8) is 0 Å². The van der Waals surface area contributed by atoms with Gasteiger partial charge in [0.25, 0.3) is 0 Å². The van der Waals surface area contributed by atoms with Gasteiger partial charge in [0, 0.05) is 18.8 Å². The van der Waals surface area contributed by atoms with E-state index in [1.54, 1.807) is 44.2 Å². The molecule has 6 heterocycles. The summed E-state index contributed by atoms with van der Waals surface area (Å²) in [5, 5.41) is 159. The van der Waals surface area contributed by atoms with E-state index in [0.717, 1.165) is 23.1 Å². The number of esters is 1. The maximum absolute atomic E-state index is 16.6. The molecule has 544 valence electrons. The number of rotatable bonds is 20. The molecule has 6 aliphatic rings. The van der Waals surface area contributed by atoms with Crippen LogP contribution in [0.25, 0.3) is 0 Å². The van der Waals surface area contributed by atoms with Gasteiger partial charge in [0.2, 0.25) is 41.7 Å². The van der Waals surface area contributed by atoms with Gasteiger partial charge in [-0.25, -0.2) is 4.39 Å². The lowest BCUT2D eigenvalue weighted by Crippen LogP contribution is -2.70. The van der Waals surface area contributed by atoms with Crippen LogP contribution in [0.2, 0.25) is 0 Å². The average Bonchev–Trinajstić information content (AvgIpc) is 1.44. The highest BCUT2D eigenvalue weighted by Crippen LogP contribution is 2.34. The number of halogens is 1. The molecule has 4 saturated heterocycles. The van der Waals surface area contributed by atoms with Gasteiger partial charge >= 0.3 is 5.97 Å². The number of benzene rings is 2. The Kier molecular flexibility index (Phi) is 26.0. The van der Waals surface area contributed by atoms with Crippen molar-refractivity contribution in [1.29, 1.82) is 0 Å². The lowest BCUT2D eigenvalue weighted by Gasteiger charge is -2.46. The second kappa shape index (κ2) is 33.5. The highest BCUT2D eigenvalue weighted by atomic mass is 19.1. The van der Waals surface area contributed by atoms with E-state index in [1.807, 2.05) is 0 Å². The van der Waals surface area contributed by atoms with Gasteiger partial charge in [-0.1, -0.05) is 57.2 Å². The molecular weight excluding hydrogens is 1310 g/mol. The number of carbonyl (C=O) groups excluding carboxylic acids is 7. The van der Waals surface area contributed by atoms with Crippen molar-refractivity contribution in [2.75, 3.05) is 46.1 Å². The molecule has 0 aromatic heterocycles. The van der Waals surface area contributed by atoms with Crippen LogP contribution >= 0.6 is 0 Å². The molecule has 39 heteroatoms. The minimum atomic E-state index is -2.40. The maximum atomic E-state index is 16.6. The number of nitrogens with one attached hydrogen (secondary N) is 7. The van der Waals surface area contributed by atoms with Crippen LogP contribution in [0, 0.1) is 11.7 Å².